The zero-order chi connectivity index (χ0) is 24.0. The van der Waals surface area contributed by atoms with Gasteiger partial charge in [0.05, 0.1) is 18.4 Å². The fourth-order valence-corrected chi connectivity index (χ4v) is 6.34. The summed E-state index contributed by atoms with van der Waals surface area (Å²) in [6.07, 6.45) is 3.03. The molecule has 2 amide bonds. The Hall–Kier alpha value is -3.43. The number of hydrogen-bond acceptors (Lipinski definition) is 7. The summed E-state index contributed by atoms with van der Waals surface area (Å²) in [7, 11) is 1.59. The third-order valence-electron chi connectivity index (χ3n) is 6.20. The Morgan fingerprint density at radius 2 is 2.00 bits per heavy atom. The molecule has 0 saturated heterocycles. The molecule has 1 unspecified atom stereocenters. The van der Waals surface area contributed by atoms with Gasteiger partial charge in [-0.05, 0) is 54.5 Å². The number of nitrogen functional groups attached to an aromatic ring is 1. The summed E-state index contributed by atoms with van der Waals surface area (Å²) in [5.41, 5.74) is 16.5. The normalized spacial score (nSPS) is 15.2. The van der Waals surface area contributed by atoms with Crippen LogP contribution < -0.4 is 21.5 Å². The molecule has 5 N–H and O–H groups in total. The van der Waals surface area contributed by atoms with E-state index in [1.807, 2.05) is 17.5 Å². The summed E-state index contributed by atoms with van der Waals surface area (Å²) < 4.78 is 5.20. The molecule has 0 bridgehead atoms. The first-order valence-corrected chi connectivity index (χ1v) is 12.6. The number of nitrogens with two attached hydrogens (primary N) is 2. The van der Waals surface area contributed by atoms with Gasteiger partial charge in [0.2, 0.25) is 0 Å². The van der Waals surface area contributed by atoms with Gasteiger partial charge in [-0.1, -0.05) is 19.1 Å². The van der Waals surface area contributed by atoms with Crippen LogP contribution in [0.5, 0.6) is 5.75 Å². The van der Waals surface area contributed by atoms with Crippen LogP contribution in [0.25, 0.3) is 21.3 Å². The number of methoxy groups -OCH3 is 1. The maximum Gasteiger partial charge on any atom is 0.268 e. The van der Waals surface area contributed by atoms with E-state index in [1.54, 1.807) is 19.2 Å². The molecular formula is C25H24N4O3S2. The van der Waals surface area contributed by atoms with Gasteiger partial charge in [-0.15, -0.1) is 22.7 Å². The first-order valence-electron chi connectivity index (χ1n) is 10.9. The molecule has 34 heavy (non-hydrogen) atoms. The third kappa shape index (κ3) is 3.91. The molecular weight excluding hydrogens is 468 g/mol. The number of anilines is 2. The van der Waals surface area contributed by atoms with Crippen LogP contribution in [0.2, 0.25) is 0 Å². The van der Waals surface area contributed by atoms with Crippen molar-refractivity contribution in [3.8, 4) is 16.9 Å². The molecule has 0 spiro atoms. The number of nitrogens with one attached hydrogen (secondary N) is 1. The number of carbonyl (C=O) groups is 2. The van der Waals surface area contributed by atoms with Crippen molar-refractivity contribution in [1.29, 1.82) is 0 Å². The quantitative estimate of drug-likeness (QED) is 0.358. The van der Waals surface area contributed by atoms with Gasteiger partial charge in [0.15, 0.2) is 0 Å². The van der Waals surface area contributed by atoms with Crippen LogP contribution in [-0.4, -0.2) is 23.9 Å². The van der Waals surface area contributed by atoms with Crippen LogP contribution in [0.15, 0.2) is 35.7 Å². The zero-order valence-corrected chi connectivity index (χ0v) is 20.4. The van der Waals surface area contributed by atoms with Crippen molar-refractivity contribution in [3.63, 3.8) is 0 Å². The predicted octanol–water partition coefficient (Wildman–Crippen LogP) is 5.09. The third-order valence-corrected chi connectivity index (χ3v) is 8.21. The highest BCUT2D eigenvalue weighted by molar-refractivity contribution is 7.21. The van der Waals surface area contributed by atoms with Gasteiger partial charge in [-0.2, -0.15) is 0 Å². The summed E-state index contributed by atoms with van der Waals surface area (Å²) in [6.45, 7) is 2.24. The molecule has 1 aliphatic rings. The van der Waals surface area contributed by atoms with Gasteiger partial charge in [-0.3, -0.25) is 9.59 Å². The number of nitrogens with zero attached hydrogens (tertiary/aromatic N) is 1. The summed E-state index contributed by atoms with van der Waals surface area (Å²) in [5.74, 6) is 0.325. The molecule has 0 fully saturated rings. The first-order chi connectivity index (χ1) is 16.4. The lowest BCUT2D eigenvalue weighted by atomic mass is 9.87. The number of ether oxygens (including phenoxy) is 1. The molecule has 7 nitrogen and oxygen atoms in total. The minimum Gasteiger partial charge on any atom is -0.497 e. The van der Waals surface area contributed by atoms with E-state index in [0.717, 1.165) is 40.7 Å². The highest BCUT2D eigenvalue weighted by Crippen LogP contribution is 2.39. The first kappa shape index (κ1) is 22.4. The Morgan fingerprint density at radius 3 is 2.71 bits per heavy atom. The largest absolute Gasteiger partial charge is 0.497 e. The van der Waals surface area contributed by atoms with Crippen LogP contribution in [0.4, 0.5) is 10.7 Å². The lowest BCUT2D eigenvalue weighted by molar-refractivity contribution is 0.100. The number of aryl methyl sites for hydroxylation is 1. The molecule has 5 rings (SSSR count). The lowest BCUT2D eigenvalue weighted by Crippen LogP contribution is -2.17. The second kappa shape index (κ2) is 8.73. The molecule has 1 atom stereocenters. The van der Waals surface area contributed by atoms with Crippen molar-refractivity contribution in [3.05, 3.63) is 57.4 Å². The fraction of sp³-hybridized carbons (Fsp3) is 0.240. The minimum atomic E-state index is -0.616. The van der Waals surface area contributed by atoms with Crippen LogP contribution in [0.1, 0.15) is 44.6 Å². The van der Waals surface area contributed by atoms with Gasteiger partial charge in [0.25, 0.3) is 11.8 Å². The summed E-state index contributed by atoms with van der Waals surface area (Å²) in [4.78, 5) is 31.5. The van der Waals surface area contributed by atoms with Gasteiger partial charge < -0.3 is 21.5 Å². The van der Waals surface area contributed by atoms with Crippen LogP contribution >= 0.6 is 22.7 Å². The number of hydrogen-bond donors (Lipinski definition) is 3. The molecule has 1 aromatic carbocycles. The van der Waals surface area contributed by atoms with Crippen molar-refractivity contribution in [2.75, 3.05) is 18.2 Å². The minimum absolute atomic E-state index is 0.269. The molecule has 9 heteroatoms. The van der Waals surface area contributed by atoms with Crippen molar-refractivity contribution >= 4 is 55.4 Å². The SMILES string of the molecule is COc1ccc(-c2csc(NC(=O)c3sc4nc5c(cc4c3N)CC(C)CC5)c2C(N)=O)cc1. The van der Waals surface area contributed by atoms with Crippen molar-refractivity contribution in [1.82, 2.24) is 4.98 Å². The number of rotatable bonds is 5. The van der Waals surface area contributed by atoms with E-state index in [0.29, 0.717) is 32.8 Å². The Morgan fingerprint density at radius 1 is 1.24 bits per heavy atom. The number of benzene rings is 1. The Balaban J connectivity index is 1.48. The summed E-state index contributed by atoms with van der Waals surface area (Å²) in [6, 6.07) is 9.38. The van der Waals surface area contributed by atoms with Crippen LogP contribution in [-0.2, 0) is 12.8 Å². The lowest BCUT2D eigenvalue weighted by Gasteiger charge is -2.20. The molecule has 0 radical (unpaired) electrons. The number of fused-ring (bicyclic) bond motifs is 2. The molecule has 3 heterocycles. The predicted molar refractivity (Wildman–Crippen MR) is 138 cm³/mol. The van der Waals surface area contributed by atoms with E-state index < -0.39 is 5.91 Å². The van der Waals surface area contributed by atoms with E-state index in [4.69, 9.17) is 21.2 Å². The second-order valence-electron chi connectivity index (χ2n) is 8.54. The topological polar surface area (TPSA) is 120 Å². The molecule has 4 aromatic rings. The molecule has 3 aromatic heterocycles. The summed E-state index contributed by atoms with van der Waals surface area (Å²) >= 11 is 2.52. The molecule has 1 aliphatic carbocycles. The average molecular weight is 493 g/mol. The average Bonchev–Trinajstić information content (AvgIpc) is 3.39. The van der Waals surface area contributed by atoms with Crippen molar-refractivity contribution in [2.24, 2.45) is 11.7 Å². The molecule has 0 aliphatic heterocycles. The highest BCUT2D eigenvalue weighted by Gasteiger charge is 2.25. The van der Waals surface area contributed by atoms with Gasteiger partial charge in [0, 0.05) is 22.0 Å². The number of carbonyl (C=O) groups excluding carboxylic acids is 2. The maximum absolute atomic E-state index is 13.2. The Kier molecular flexibility index (Phi) is 5.75. The van der Waals surface area contributed by atoms with Crippen molar-refractivity contribution < 1.29 is 14.3 Å². The Bertz CT molecular complexity index is 1420. The smallest absolute Gasteiger partial charge is 0.268 e. The van der Waals surface area contributed by atoms with E-state index in [-0.39, 0.29) is 11.5 Å². The van der Waals surface area contributed by atoms with Crippen molar-refractivity contribution in [2.45, 2.75) is 26.2 Å². The number of aromatic nitrogens is 1. The molecule has 174 valence electrons. The van der Waals surface area contributed by atoms with Gasteiger partial charge in [0.1, 0.15) is 20.5 Å². The Labute approximate surface area is 204 Å². The number of amides is 2. The van der Waals surface area contributed by atoms with Gasteiger partial charge >= 0.3 is 0 Å². The van der Waals surface area contributed by atoms with E-state index in [9.17, 15) is 9.59 Å². The number of pyridine rings is 1. The second-order valence-corrected chi connectivity index (χ2v) is 10.4. The number of thiophene rings is 2. The fourth-order valence-electron chi connectivity index (χ4n) is 4.38. The zero-order valence-electron chi connectivity index (χ0n) is 18.8. The van der Waals surface area contributed by atoms with Crippen LogP contribution in [0.3, 0.4) is 0 Å². The van der Waals surface area contributed by atoms with E-state index in [1.165, 1.54) is 28.2 Å². The monoisotopic (exact) mass is 492 g/mol. The number of primary amides is 1. The highest BCUT2D eigenvalue weighted by atomic mass is 32.1. The van der Waals surface area contributed by atoms with Gasteiger partial charge in [-0.25, -0.2) is 4.98 Å². The summed E-state index contributed by atoms with van der Waals surface area (Å²) in [5, 5.41) is 5.86. The molecule has 0 saturated carbocycles. The van der Waals surface area contributed by atoms with E-state index in [2.05, 4.69) is 18.3 Å². The standard InChI is InChI=1S/C25H24N4O3S2/c1-12-3-8-18-14(9-12)10-16-20(26)21(34-24(16)28-18)23(31)29-25-19(22(27)30)17(11-33-25)13-4-6-15(32-2)7-5-13/h4-7,10-12H,3,8-9,26H2,1-2H3,(H2,27,30)(H,29,31). The van der Waals surface area contributed by atoms with E-state index >= 15 is 0 Å². The van der Waals surface area contributed by atoms with Crippen LogP contribution in [0, 0.1) is 5.92 Å². The maximum atomic E-state index is 13.2.